The predicted molar refractivity (Wildman–Crippen MR) is 61.9 cm³/mol. The monoisotopic (exact) mass is 231 g/mol. The van der Waals surface area contributed by atoms with Crippen LogP contribution < -0.4 is 0 Å². The molecule has 3 nitrogen and oxygen atoms in total. The Labute approximate surface area is 97.9 Å². The van der Waals surface area contributed by atoms with E-state index >= 15 is 0 Å². The summed E-state index contributed by atoms with van der Waals surface area (Å²) in [4.78, 5) is 15.4. The van der Waals surface area contributed by atoms with Crippen LogP contribution in [0.15, 0.2) is 53.2 Å². The third-order valence-electron chi connectivity index (χ3n) is 2.17. The van der Waals surface area contributed by atoms with E-state index < -0.39 is 11.8 Å². The Morgan fingerprint density at radius 2 is 2.12 bits per heavy atom. The lowest BCUT2D eigenvalue weighted by molar-refractivity contribution is -0.130. The molecule has 1 aliphatic rings. The van der Waals surface area contributed by atoms with Crippen LogP contribution in [0.2, 0.25) is 0 Å². The fourth-order valence-corrected chi connectivity index (χ4v) is 1.36. The number of nitrogens with zero attached hydrogens (tertiary/aromatic N) is 1. The summed E-state index contributed by atoms with van der Waals surface area (Å²) in [5.41, 5.74) is 0.353. The van der Waals surface area contributed by atoms with Crippen LogP contribution >= 0.6 is 0 Å². The highest BCUT2D eigenvalue weighted by atomic mass is 19.1. The molecule has 1 aromatic rings. The van der Waals surface area contributed by atoms with Gasteiger partial charge in [-0.1, -0.05) is 24.3 Å². The average Bonchev–Trinajstić information content (AvgIpc) is 2.68. The van der Waals surface area contributed by atoms with E-state index in [2.05, 4.69) is 4.99 Å². The number of allylic oxidation sites excluding steroid dienone is 3. The van der Waals surface area contributed by atoms with Crippen LogP contribution in [-0.4, -0.2) is 11.9 Å². The maximum absolute atomic E-state index is 13.4. The summed E-state index contributed by atoms with van der Waals surface area (Å²) in [7, 11) is 0. The van der Waals surface area contributed by atoms with Gasteiger partial charge in [0.25, 0.3) is 0 Å². The summed E-state index contributed by atoms with van der Waals surface area (Å²) in [6.07, 6.45) is 4.96. The van der Waals surface area contributed by atoms with Crippen molar-refractivity contribution < 1.29 is 13.9 Å². The Kier molecular flexibility index (Phi) is 3.14. The largest absolute Gasteiger partial charge is 0.402 e. The number of esters is 1. The highest BCUT2D eigenvalue weighted by molar-refractivity contribution is 6.11. The average molecular weight is 231 g/mol. The van der Waals surface area contributed by atoms with Gasteiger partial charge in [-0.3, -0.25) is 0 Å². The third kappa shape index (κ3) is 2.30. The van der Waals surface area contributed by atoms with Gasteiger partial charge in [0.2, 0.25) is 5.90 Å². The van der Waals surface area contributed by atoms with Crippen LogP contribution in [0.4, 0.5) is 4.39 Å². The van der Waals surface area contributed by atoms with Crippen LogP contribution in [0, 0.1) is 5.82 Å². The smallest absolute Gasteiger partial charge is 0.363 e. The number of carbonyl (C=O) groups is 1. The Bertz CT molecular complexity index is 544. The van der Waals surface area contributed by atoms with Crippen molar-refractivity contribution in [3.63, 3.8) is 0 Å². The molecular formula is C13H10FNO2. The van der Waals surface area contributed by atoms with E-state index in [9.17, 15) is 9.18 Å². The third-order valence-corrected chi connectivity index (χ3v) is 2.17. The van der Waals surface area contributed by atoms with Gasteiger partial charge >= 0.3 is 5.97 Å². The molecule has 0 amide bonds. The molecule has 0 saturated carbocycles. The molecule has 0 radical (unpaired) electrons. The minimum atomic E-state index is -0.568. The quantitative estimate of drug-likeness (QED) is 0.579. The molecule has 17 heavy (non-hydrogen) atoms. The zero-order valence-electron chi connectivity index (χ0n) is 9.18. The number of hydrogen-bond donors (Lipinski definition) is 0. The summed E-state index contributed by atoms with van der Waals surface area (Å²) < 4.78 is 18.3. The molecule has 2 rings (SSSR count). The van der Waals surface area contributed by atoms with Gasteiger partial charge in [0.05, 0.1) is 5.56 Å². The van der Waals surface area contributed by atoms with Crippen LogP contribution in [-0.2, 0) is 9.53 Å². The van der Waals surface area contributed by atoms with Crippen molar-refractivity contribution in [3.8, 4) is 0 Å². The molecule has 0 aliphatic carbocycles. The van der Waals surface area contributed by atoms with E-state index in [1.54, 1.807) is 24.3 Å². The number of hydrogen-bond acceptors (Lipinski definition) is 3. The van der Waals surface area contributed by atoms with E-state index in [0.29, 0.717) is 0 Å². The molecule has 4 heteroatoms. The minimum Gasteiger partial charge on any atom is -0.402 e. The van der Waals surface area contributed by atoms with Gasteiger partial charge in [0.15, 0.2) is 5.70 Å². The number of cyclic esters (lactones) is 1. The number of benzene rings is 1. The predicted octanol–water partition coefficient (Wildman–Crippen LogP) is 2.59. The number of carbonyl (C=O) groups excluding carboxylic acids is 1. The molecule has 0 atom stereocenters. The number of ether oxygens (including phenoxy) is 1. The Balaban J connectivity index is 2.37. The molecule has 0 bridgehead atoms. The van der Waals surface area contributed by atoms with Crippen molar-refractivity contribution in [2.75, 3.05) is 0 Å². The summed E-state index contributed by atoms with van der Waals surface area (Å²) in [5.74, 6) is -1.03. The van der Waals surface area contributed by atoms with Gasteiger partial charge in [-0.2, -0.15) is 0 Å². The first-order valence-electron chi connectivity index (χ1n) is 5.11. The highest BCUT2D eigenvalue weighted by Gasteiger charge is 2.25. The molecule has 86 valence electrons. The van der Waals surface area contributed by atoms with Crippen molar-refractivity contribution in [2.24, 2.45) is 4.99 Å². The molecule has 0 unspecified atom stereocenters. The first-order valence-corrected chi connectivity index (χ1v) is 5.11. The Morgan fingerprint density at radius 1 is 1.35 bits per heavy atom. The second-order valence-corrected chi connectivity index (χ2v) is 3.36. The maximum atomic E-state index is 13.4. The van der Waals surface area contributed by atoms with E-state index in [4.69, 9.17) is 4.74 Å². The van der Waals surface area contributed by atoms with Gasteiger partial charge in [-0.15, -0.1) is 0 Å². The lowest BCUT2D eigenvalue weighted by atomic mass is 10.2. The molecule has 1 aromatic carbocycles. The Morgan fingerprint density at radius 3 is 2.82 bits per heavy atom. The van der Waals surface area contributed by atoms with Crippen LogP contribution in [0.1, 0.15) is 12.5 Å². The first-order chi connectivity index (χ1) is 8.22. The number of halogens is 1. The first kappa shape index (κ1) is 11.3. The van der Waals surface area contributed by atoms with Gasteiger partial charge < -0.3 is 4.74 Å². The number of aliphatic imine (C=N–C) groups is 1. The van der Waals surface area contributed by atoms with E-state index in [0.717, 1.165) is 0 Å². The highest BCUT2D eigenvalue weighted by Crippen LogP contribution is 2.18. The molecule has 0 spiro atoms. The second kappa shape index (κ2) is 4.74. The number of rotatable bonds is 2. The van der Waals surface area contributed by atoms with Gasteiger partial charge in [0.1, 0.15) is 5.82 Å². The maximum Gasteiger partial charge on any atom is 0.363 e. The lowest BCUT2D eigenvalue weighted by Gasteiger charge is -1.99. The second-order valence-electron chi connectivity index (χ2n) is 3.36. The van der Waals surface area contributed by atoms with Crippen LogP contribution in [0.3, 0.4) is 0 Å². The van der Waals surface area contributed by atoms with E-state index in [-0.39, 0.29) is 17.2 Å². The summed E-state index contributed by atoms with van der Waals surface area (Å²) in [6.45, 7) is 1.82. The molecule has 0 fully saturated rings. The van der Waals surface area contributed by atoms with Crippen molar-refractivity contribution in [3.05, 3.63) is 59.6 Å². The van der Waals surface area contributed by atoms with Crippen LogP contribution in [0.25, 0.3) is 0 Å². The molecular weight excluding hydrogens is 221 g/mol. The Hall–Kier alpha value is -2.23. The van der Waals surface area contributed by atoms with Gasteiger partial charge in [-0.25, -0.2) is 14.2 Å². The zero-order chi connectivity index (χ0) is 12.3. The van der Waals surface area contributed by atoms with E-state index in [1.807, 2.05) is 6.92 Å². The van der Waals surface area contributed by atoms with Gasteiger partial charge in [0, 0.05) is 0 Å². The summed E-state index contributed by atoms with van der Waals surface area (Å²) in [5, 5.41) is 0. The molecule has 1 heterocycles. The van der Waals surface area contributed by atoms with Gasteiger partial charge in [-0.05, 0) is 25.1 Å². The molecule has 1 aliphatic heterocycles. The molecule has 0 saturated heterocycles. The SMILES string of the molecule is C/C=C/C=C1\N=C(c2ccccc2F)OC1=O. The van der Waals surface area contributed by atoms with Crippen molar-refractivity contribution >= 4 is 11.9 Å². The topological polar surface area (TPSA) is 38.7 Å². The standard InChI is InChI=1S/C13H10FNO2/c1-2-3-8-11-13(16)17-12(15-11)9-6-4-5-7-10(9)14/h2-8H,1H3/b3-2+,11-8-. The van der Waals surface area contributed by atoms with Crippen LogP contribution in [0.5, 0.6) is 0 Å². The minimum absolute atomic E-state index is 0.00357. The van der Waals surface area contributed by atoms with Crippen molar-refractivity contribution in [1.29, 1.82) is 0 Å². The van der Waals surface area contributed by atoms with Crippen molar-refractivity contribution in [1.82, 2.24) is 0 Å². The normalized spacial score (nSPS) is 17.6. The fraction of sp³-hybridized carbons (Fsp3) is 0.0769. The van der Waals surface area contributed by atoms with E-state index in [1.165, 1.54) is 18.2 Å². The summed E-state index contributed by atoms with van der Waals surface area (Å²) >= 11 is 0. The fourth-order valence-electron chi connectivity index (χ4n) is 1.36. The van der Waals surface area contributed by atoms with Crippen molar-refractivity contribution in [2.45, 2.75) is 6.92 Å². The lowest BCUT2D eigenvalue weighted by Crippen LogP contribution is -2.07. The molecule has 0 aromatic heterocycles. The zero-order valence-corrected chi connectivity index (χ0v) is 9.18. The molecule has 0 N–H and O–H groups in total. The summed E-state index contributed by atoms with van der Waals surface area (Å²) in [6, 6.07) is 6.02.